The summed E-state index contributed by atoms with van der Waals surface area (Å²) >= 11 is 3.44. The van der Waals surface area contributed by atoms with Gasteiger partial charge in [0, 0.05) is 17.6 Å². The van der Waals surface area contributed by atoms with Gasteiger partial charge in [-0.1, -0.05) is 15.9 Å². The lowest BCUT2D eigenvalue weighted by Crippen LogP contribution is -2.40. The van der Waals surface area contributed by atoms with Crippen molar-refractivity contribution >= 4 is 21.8 Å². The fourth-order valence-corrected chi connectivity index (χ4v) is 1.98. The fraction of sp³-hybridized carbons (Fsp3) is 0.500. The Labute approximate surface area is 117 Å². The second-order valence-electron chi connectivity index (χ2n) is 4.18. The molecule has 3 nitrogen and oxygen atoms in total. The van der Waals surface area contributed by atoms with Gasteiger partial charge in [-0.3, -0.25) is 4.79 Å². The first-order chi connectivity index (χ1) is 8.49. The number of hydrogen-bond acceptors (Lipinski definition) is 2. The molecule has 0 aliphatic rings. The molecular weight excluding hydrogens is 294 g/mol. The summed E-state index contributed by atoms with van der Waals surface area (Å²) in [6, 6.07) is 5.72. The van der Waals surface area contributed by atoms with Gasteiger partial charge in [-0.25, -0.2) is 0 Å². The molecule has 0 saturated heterocycles. The number of nitrogens with zero attached hydrogens (tertiary/aromatic N) is 1. The molecule has 1 unspecified atom stereocenters. The molecule has 1 atom stereocenters. The van der Waals surface area contributed by atoms with Gasteiger partial charge in [0.05, 0.1) is 0 Å². The van der Waals surface area contributed by atoms with Gasteiger partial charge in [0.1, 0.15) is 5.75 Å². The third-order valence-corrected chi connectivity index (χ3v) is 3.75. The lowest BCUT2D eigenvalue weighted by molar-refractivity contribution is -0.137. The molecule has 0 radical (unpaired) electrons. The first-order valence-corrected chi connectivity index (χ1v) is 7.00. The number of amides is 1. The van der Waals surface area contributed by atoms with Crippen LogP contribution >= 0.6 is 15.9 Å². The monoisotopic (exact) mass is 313 g/mol. The normalized spacial score (nSPS) is 12.1. The third kappa shape index (κ3) is 3.73. The Bertz CT molecular complexity index is 416. The molecule has 0 aliphatic heterocycles. The first kappa shape index (κ1) is 15.0. The third-order valence-electron chi connectivity index (χ3n) is 2.87. The average Bonchev–Trinajstić information content (AvgIpc) is 2.35. The van der Waals surface area contributed by atoms with Crippen molar-refractivity contribution in [2.45, 2.75) is 33.8 Å². The summed E-state index contributed by atoms with van der Waals surface area (Å²) in [5, 5.41) is 0. The number of halogens is 1. The Kier molecular flexibility index (Phi) is 5.66. The van der Waals surface area contributed by atoms with Crippen LogP contribution in [0.4, 0.5) is 0 Å². The maximum absolute atomic E-state index is 12.1. The highest BCUT2D eigenvalue weighted by Crippen LogP contribution is 2.22. The van der Waals surface area contributed by atoms with Gasteiger partial charge >= 0.3 is 0 Å². The van der Waals surface area contributed by atoms with E-state index in [0.717, 1.165) is 15.8 Å². The van der Waals surface area contributed by atoms with Crippen molar-refractivity contribution in [1.29, 1.82) is 0 Å². The zero-order valence-electron chi connectivity index (χ0n) is 11.4. The van der Waals surface area contributed by atoms with Crippen LogP contribution in [0.15, 0.2) is 22.7 Å². The molecule has 4 heteroatoms. The maximum Gasteiger partial charge on any atom is 0.263 e. The second kappa shape index (κ2) is 6.78. The fourth-order valence-electron chi connectivity index (χ4n) is 1.74. The van der Waals surface area contributed by atoms with Crippen molar-refractivity contribution in [3.63, 3.8) is 0 Å². The summed E-state index contributed by atoms with van der Waals surface area (Å²) in [7, 11) is 0. The predicted molar refractivity (Wildman–Crippen MR) is 76.9 cm³/mol. The number of ether oxygens (including phenoxy) is 1. The van der Waals surface area contributed by atoms with Crippen molar-refractivity contribution in [2.75, 3.05) is 13.1 Å². The van der Waals surface area contributed by atoms with Crippen molar-refractivity contribution < 1.29 is 9.53 Å². The van der Waals surface area contributed by atoms with Crippen molar-refractivity contribution in [3.8, 4) is 5.75 Å². The molecule has 1 rings (SSSR count). The van der Waals surface area contributed by atoms with Crippen molar-refractivity contribution in [2.24, 2.45) is 0 Å². The number of carbonyl (C=O) groups excluding carboxylic acids is 1. The Morgan fingerprint density at radius 2 is 2.00 bits per heavy atom. The summed E-state index contributed by atoms with van der Waals surface area (Å²) in [4.78, 5) is 13.8. The van der Waals surface area contributed by atoms with Gasteiger partial charge < -0.3 is 9.64 Å². The molecule has 1 aromatic carbocycles. The summed E-state index contributed by atoms with van der Waals surface area (Å²) in [5.74, 6) is 0.754. The molecule has 0 bridgehead atoms. The zero-order chi connectivity index (χ0) is 13.7. The molecule has 100 valence electrons. The lowest BCUT2D eigenvalue weighted by Gasteiger charge is -2.23. The predicted octanol–water partition coefficient (Wildman–Crippen LogP) is 3.39. The number of carbonyl (C=O) groups is 1. The van der Waals surface area contributed by atoms with Crippen LogP contribution in [0.2, 0.25) is 0 Å². The molecular formula is C14H20BrNO2. The van der Waals surface area contributed by atoms with Crippen molar-refractivity contribution in [3.05, 3.63) is 28.2 Å². The summed E-state index contributed by atoms with van der Waals surface area (Å²) in [5.41, 5.74) is 1.09. The van der Waals surface area contributed by atoms with Crippen LogP contribution in [0.5, 0.6) is 5.75 Å². The van der Waals surface area contributed by atoms with Crippen LogP contribution in [-0.2, 0) is 4.79 Å². The van der Waals surface area contributed by atoms with E-state index in [4.69, 9.17) is 4.74 Å². The van der Waals surface area contributed by atoms with Crippen LogP contribution < -0.4 is 4.74 Å². The van der Waals surface area contributed by atoms with Gasteiger partial charge in [-0.15, -0.1) is 0 Å². The number of hydrogen-bond donors (Lipinski definition) is 0. The quantitative estimate of drug-likeness (QED) is 0.834. The van der Waals surface area contributed by atoms with E-state index in [1.807, 2.05) is 39.0 Å². The van der Waals surface area contributed by atoms with Crippen LogP contribution in [0.25, 0.3) is 0 Å². The number of aryl methyl sites for hydroxylation is 1. The minimum absolute atomic E-state index is 0.0283. The molecule has 18 heavy (non-hydrogen) atoms. The summed E-state index contributed by atoms with van der Waals surface area (Å²) in [6.45, 7) is 9.15. The van der Waals surface area contributed by atoms with E-state index < -0.39 is 6.10 Å². The topological polar surface area (TPSA) is 29.5 Å². The van der Waals surface area contributed by atoms with E-state index in [2.05, 4.69) is 15.9 Å². The summed E-state index contributed by atoms with van der Waals surface area (Å²) < 4.78 is 6.72. The van der Waals surface area contributed by atoms with Crippen molar-refractivity contribution in [1.82, 2.24) is 4.90 Å². The van der Waals surface area contributed by atoms with E-state index >= 15 is 0 Å². The Hall–Kier alpha value is -1.03. The Balaban J connectivity index is 2.71. The van der Waals surface area contributed by atoms with Gasteiger partial charge in [-0.05, 0) is 51.5 Å². The number of likely N-dealkylation sites (N-methyl/N-ethyl adjacent to an activating group) is 1. The van der Waals surface area contributed by atoms with Gasteiger partial charge in [-0.2, -0.15) is 0 Å². The molecule has 0 N–H and O–H groups in total. The largest absolute Gasteiger partial charge is 0.481 e. The highest BCUT2D eigenvalue weighted by Gasteiger charge is 2.19. The van der Waals surface area contributed by atoms with E-state index in [9.17, 15) is 4.79 Å². The highest BCUT2D eigenvalue weighted by atomic mass is 79.9. The zero-order valence-corrected chi connectivity index (χ0v) is 13.0. The number of benzene rings is 1. The van der Waals surface area contributed by atoms with Gasteiger partial charge in [0.25, 0.3) is 5.91 Å². The van der Waals surface area contributed by atoms with Crippen LogP contribution in [-0.4, -0.2) is 30.0 Å². The van der Waals surface area contributed by atoms with Crippen LogP contribution in [0, 0.1) is 6.92 Å². The maximum atomic E-state index is 12.1. The molecule has 0 fully saturated rings. The second-order valence-corrected chi connectivity index (χ2v) is 5.04. The minimum atomic E-state index is -0.453. The SMILES string of the molecule is CCN(CC)C(=O)C(C)Oc1ccc(Br)c(C)c1. The molecule has 1 amide bonds. The van der Waals surface area contributed by atoms with Gasteiger partial charge in [0.15, 0.2) is 6.10 Å². The average molecular weight is 314 g/mol. The molecule has 1 aromatic rings. The number of rotatable bonds is 5. The molecule has 0 aromatic heterocycles. The molecule has 0 saturated carbocycles. The van der Waals surface area contributed by atoms with Crippen LogP contribution in [0.1, 0.15) is 26.3 Å². The Morgan fingerprint density at radius 1 is 1.39 bits per heavy atom. The van der Waals surface area contributed by atoms with Gasteiger partial charge in [0.2, 0.25) is 0 Å². The van der Waals surface area contributed by atoms with Crippen LogP contribution in [0.3, 0.4) is 0 Å². The summed E-state index contributed by atoms with van der Waals surface area (Å²) in [6.07, 6.45) is -0.453. The van der Waals surface area contributed by atoms with E-state index in [0.29, 0.717) is 13.1 Å². The lowest BCUT2D eigenvalue weighted by atomic mass is 10.2. The molecule has 0 spiro atoms. The van der Waals surface area contributed by atoms with E-state index in [1.54, 1.807) is 11.8 Å². The molecule has 0 heterocycles. The van der Waals surface area contributed by atoms with E-state index in [1.165, 1.54) is 0 Å². The smallest absolute Gasteiger partial charge is 0.263 e. The Morgan fingerprint density at radius 3 is 2.50 bits per heavy atom. The van der Waals surface area contributed by atoms with E-state index in [-0.39, 0.29) is 5.91 Å². The standard InChI is InChI=1S/C14H20BrNO2/c1-5-16(6-2)14(17)11(4)18-12-7-8-13(15)10(3)9-12/h7-9,11H,5-6H2,1-4H3. The minimum Gasteiger partial charge on any atom is -0.481 e. The first-order valence-electron chi connectivity index (χ1n) is 6.21. The molecule has 0 aliphatic carbocycles. The highest BCUT2D eigenvalue weighted by molar-refractivity contribution is 9.10.